The Bertz CT molecular complexity index is 445. The average Bonchev–Trinajstić information content (AvgIpc) is 2.43. The summed E-state index contributed by atoms with van der Waals surface area (Å²) >= 11 is 5.94. The van der Waals surface area contributed by atoms with Crippen molar-refractivity contribution < 1.29 is 9.53 Å². The van der Waals surface area contributed by atoms with E-state index in [9.17, 15) is 4.79 Å². The highest BCUT2D eigenvalue weighted by molar-refractivity contribution is 6.30. The molecule has 0 saturated carbocycles. The molecule has 1 unspecified atom stereocenters. The van der Waals surface area contributed by atoms with E-state index in [1.807, 2.05) is 6.92 Å². The fraction of sp³-hybridized carbons (Fsp3) is 0.500. The number of rotatable bonds is 4. The van der Waals surface area contributed by atoms with Crippen LogP contribution in [0.25, 0.3) is 0 Å². The molecule has 0 aromatic heterocycles. The molecule has 5 heteroatoms. The van der Waals surface area contributed by atoms with Crippen LogP contribution in [0.5, 0.6) is 5.75 Å². The number of ether oxygens (including phenoxy) is 1. The Hall–Kier alpha value is -1.26. The molecule has 104 valence electrons. The molecule has 0 aliphatic carbocycles. The van der Waals surface area contributed by atoms with Gasteiger partial charge in [-0.1, -0.05) is 11.6 Å². The molecule has 0 spiro atoms. The third-order valence-corrected chi connectivity index (χ3v) is 3.40. The molecule has 1 fully saturated rings. The highest BCUT2D eigenvalue weighted by Crippen LogP contribution is 2.29. The molecule has 1 saturated heterocycles. The number of carbonyl (C=O) groups excluding carboxylic acids is 1. The molecule has 1 heterocycles. The number of anilines is 1. The van der Waals surface area contributed by atoms with Gasteiger partial charge in [-0.05, 0) is 38.4 Å². The highest BCUT2D eigenvalue weighted by atomic mass is 35.5. The minimum absolute atomic E-state index is 0.0268. The second kappa shape index (κ2) is 6.78. The van der Waals surface area contributed by atoms with Crippen molar-refractivity contribution in [1.29, 1.82) is 0 Å². The summed E-state index contributed by atoms with van der Waals surface area (Å²) in [6.07, 6.45) is 1.97. The van der Waals surface area contributed by atoms with Crippen LogP contribution in [-0.2, 0) is 4.79 Å². The van der Waals surface area contributed by atoms with Crippen molar-refractivity contribution in [1.82, 2.24) is 5.32 Å². The molecule has 2 rings (SSSR count). The van der Waals surface area contributed by atoms with Crippen molar-refractivity contribution in [3.63, 3.8) is 0 Å². The Labute approximate surface area is 118 Å². The summed E-state index contributed by atoms with van der Waals surface area (Å²) < 4.78 is 5.49. The number of carbonyl (C=O) groups is 1. The zero-order valence-corrected chi connectivity index (χ0v) is 11.8. The number of hydrogen-bond acceptors (Lipinski definition) is 3. The number of amides is 1. The SMILES string of the molecule is CCOc1cc(Cl)ccc1NC(=O)C1CCCNC1. The van der Waals surface area contributed by atoms with Crippen molar-refractivity contribution in [2.75, 3.05) is 25.0 Å². The predicted octanol–water partition coefficient (Wildman–Crippen LogP) is 2.68. The monoisotopic (exact) mass is 282 g/mol. The lowest BCUT2D eigenvalue weighted by atomic mass is 9.99. The summed E-state index contributed by atoms with van der Waals surface area (Å²) in [5.74, 6) is 0.682. The smallest absolute Gasteiger partial charge is 0.228 e. The standard InChI is InChI=1S/C14H19ClN2O2/c1-2-19-13-8-11(15)5-6-12(13)17-14(18)10-4-3-7-16-9-10/h5-6,8,10,16H,2-4,7,9H2,1H3,(H,17,18). The first kappa shape index (κ1) is 14.2. The fourth-order valence-electron chi connectivity index (χ4n) is 2.18. The summed E-state index contributed by atoms with van der Waals surface area (Å²) in [6, 6.07) is 5.25. The molecule has 1 aromatic carbocycles. The molecule has 1 aromatic rings. The van der Waals surface area contributed by atoms with Crippen LogP contribution in [0.2, 0.25) is 5.02 Å². The zero-order chi connectivity index (χ0) is 13.7. The summed E-state index contributed by atoms with van der Waals surface area (Å²) in [5.41, 5.74) is 0.682. The van der Waals surface area contributed by atoms with Gasteiger partial charge in [0.15, 0.2) is 0 Å². The third-order valence-electron chi connectivity index (χ3n) is 3.17. The van der Waals surface area contributed by atoms with Crippen LogP contribution in [0.4, 0.5) is 5.69 Å². The summed E-state index contributed by atoms with van der Waals surface area (Å²) in [5, 5.41) is 6.76. The summed E-state index contributed by atoms with van der Waals surface area (Å²) in [6.45, 7) is 4.17. The lowest BCUT2D eigenvalue weighted by molar-refractivity contribution is -0.120. The van der Waals surface area contributed by atoms with Gasteiger partial charge in [0.1, 0.15) is 5.75 Å². The molecule has 1 aliphatic rings. The molecule has 4 nitrogen and oxygen atoms in total. The lowest BCUT2D eigenvalue weighted by Gasteiger charge is -2.22. The highest BCUT2D eigenvalue weighted by Gasteiger charge is 2.21. The van der Waals surface area contributed by atoms with Gasteiger partial charge in [0.05, 0.1) is 18.2 Å². The van der Waals surface area contributed by atoms with Crippen LogP contribution in [-0.4, -0.2) is 25.6 Å². The predicted molar refractivity (Wildman–Crippen MR) is 76.8 cm³/mol. The molecule has 1 atom stereocenters. The summed E-state index contributed by atoms with van der Waals surface area (Å²) in [4.78, 5) is 12.2. The van der Waals surface area contributed by atoms with Gasteiger partial charge in [0, 0.05) is 17.6 Å². The van der Waals surface area contributed by atoms with Gasteiger partial charge >= 0.3 is 0 Å². The largest absolute Gasteiger partial charge is 0.492 e. The lowest BCUT2D eigenvalue weighted by Crippen LogP contribution is -2.37. The first-order chi connectivity index (χ1) is 9.20. The Morgan fingerprint density at radius 3 is 3.11 bits per heavy atom. The van der Waals surface area contributed by atoms with Gasteiger partial charge in [-0.3, -0.25) is 4.79 Å². The van der Waals surface area contributed by atoms with E-state index in [1.54, 1.807) is 18.2 Å². The van der Waals surface area contributed by atoms with E-state index in [2.05, 4.69) is 10.6 Å². The average molecular weight is 283 g/mol. The Morgan fingerprint density at radius 2 is 2.42 bits per heavy atom. The molecular weight excluding hydrogens is 264 g/mol. The van der Waals surface area contributed by atoms with E-state index in [-0.39, 0.29) is 11.8 Å². The van der Waals surface area contributed by atoms with Crippen LogP contribution < -0.4 is 15.4 Å². The quantitative estimate of drug-likeness (QED) is 0.893. The molecular formula is C14H19ClN2O2. The van der Waals surface area contributed by atoms with E-state index < -0.39 is 0 Å². The fourth-order valence-corrected chi connectivity index (χ4v) is 2.35. The molecule has 0 bridgehead atoms. The first-order valence-corrected chi connectivity index (χ1v) is 7.02. The van der Waals surface area contributed by atoms with E-state index in [0.717, 1.165) is 25.9 Å². The van der Waals surface area contributed by atoms with Crippen molar-refractivity contribution in [3.05, 3.63) is 23.2 Å². The van der Waals surface area contributed by atoms with Gasteiger partial charge < -0.3 is 15.4 Å². The van der Waals surface area contributed by atoms with Crippen LogP contribution >= 0.6 is 11.6 Å². The molecule has 1 aliphatic heterocycles. The van der Waals surface area contributed by atoms with Crippen LogP contribution in [0, 0.1) is 5.92 Å². The van der Waals surface area contributed by atoms with Gasteiger partial charge in [-0.2, -0.15) is 0 Å². The molecule has 0 radical (unpaired) electrons. The number of hydrogen-bond donors (Lipinski definition) is 2. The Balaban J connectivity index is 2.06. The first-order valence-electron chi connectivity index (χ1n) is 6.64. The van der Waals surface area contributed by atoms with Gasteiger partial charge in [0.25, 0.3) is 0 Å². The Morgan fingerprint density at radius 1 is 1.58 bits per heavy atom. The third kappa shape index (κ3) is 3.85. The van der Waals surface area contributed by atoms with E-state index >= 15 is 0 Å². The minimum Gasteiger partial charge on any atom is -0.492 e. The molecule has 2 N–H and O–H groups in total. The maximum absolute atomic E-state index is 12.2. The normalized spacial score (nSPS) is 18.9. The second-order valence-corrected chi connectivity index (χ2v) is 5.04. The Kier molecular flexibility index (Phi) is 5.05. The van der Waals surface area contributed by atoms with Gasteiger partial charge in [-0.15, -0.1) is 0 Å². The number of benzene rings is 1. The minimum atomic E-state index is 0.0268. The van der Waals surface area contributed by atoms with Crippen LogP contribution in [0.3, 0.4) is 0 Å². The molecule has 19 heavy (non-hydrogen) atoms. The maximum Gasteiger partial charge on any atom is 0.228 e. The van der Waals surface area contributed by atoms with Crippen molar-refractivity contribution in [2.24, 2.45) is 5.92 Å². The maximum atomic E-state index is 12.2. The summed E-state index contributed by atoms with van der Waals surface area (Å²) in [7, 11) is 0. The number of nitrogens with one attached hydrogen (secondary N) is 2. The van der Waals surface area contributed by atoms with Crippen LogP contribution in [0.1, 0.15) is 19.8 Å². The molecule has 1 amide bonds. The topological polar surface area (TPSA) is 50.4 Å². The van der Waals surface area contributed by atoms with Gasteiger partial charge in [-0.25, -0.2) is 0 Å². The van der Waals surface area contributed by atoms with Crippen molar-refractivity contribution in [2.45, 2.75) is 19.8 Å². The van der Waals surface area contributed by atoms with E-state index in [1.165, 1.54) is 0 Å². The van der Waals surface area contributed by atoms with Crippen LogP contribution in [0.15, 0.2) is 18.2 Å². The zero-order valence-electron chi connectivity index (χ0n) is 11.0. The van der Waals surface area contributed by atoms with E-state index in [0.29, 0.717) is 23.1 Å². The van der Waals surface area contributed by atoms with Crippen molar-refractivity contribution >= 4 is 23.2 Å². The van der Waals surface area contributed by atoms with Crippen molar-refractivity contribution in [3.8, 4) is 5.75 Å². The van der Waals surface area contributed by atoms with E-state index in [4.69, 9.17) is 16.3 Å². The number of halogens is 1. The second-order valence-electron chi connectivity index (χ2n) is 4.61. The van der Waals surface area contributed by atoms with Gasteiger partial charge in [0.2, 0.25) is 5.91 Å². The number of piperidine rings is 1.